The van der Waals surface area contributed by atoms with E-state index in [2.05, 4.69) is 31.2 Å². The fourth-order valence-electron chi connectivity index (χ4n) is 4.72. The number of benzene rings is 1. The molecule has 3 fully saturated rings. The van der Waals surface area contributed by atoms with Gasteiger partial charge in [0.2, 0.25) is 0 Å². The molecule has 1 amide bonds. The first kappa shape index (κ1) is 20.0. The summed E-state index contributed by atoms with van der Waals surface area (Å²) in [5.74, 6) is 1.91. The number of amides is 1. The minimum atomic E-state index is -0.359. The van der Waals surface area contributed by atoms with Crippen LogP contribution >= 0.6 is 0 Å². The van der Waals surface area contributed by atoms with Crippen molar-refractivity contribution in [1.29, 1.82) is 0 Å². The fraction of sp³-hybridized carbons (Fsp3) is 0.682. The Labute approximate surface area is 163 Å². The molecule has 0 saturated heterocycles. The number of rotatable bonds is 8. The summed E-state index contributed by atoms with van der Waals surface area (Å²) in [5, 5.41) is 2.89. The van der Waals surface area contributed by atoms with Crippen molar-refractivity contribution in [2.24, 2.45) is 11.8 Å². The zero-order valence-electron chi connectivity index (χ0n) is 16.9. The second-order valence-corrected chi connectivity index (χ2v) is 8.21. The van der Waals surface area contributed by atoms with Gasteiger partial charge in [-0.3, -0.25) is 5.32 Å². The Bertz CT molecular complexity index is 611. The number of hydrogen-bond donors (Lipinski definition) is 1. The Hall–Kier alpha value is -1.75. The van der Waals surface area contributed by atoms with E-state index in [0.29, 0.717) is 24.5 Å². The highest BCUT2D eigenvalue weighted by Gasteiger charge is 2.46. The lowest BCUT2D eigenvalue weighted by molar-refractivity contribution is -0.0703. The first-order valence-corrected chi connectivity index (χ1v) is 10.5. The predicted octanol–water partition coefficient (Wildman–Crippen LogP) is 4.92. The largest absolute Gasteiger partial charge is 0.494 e. The van der Waals surface area contributed by atoms with E-state index in [1.165, 1.54) is 38.5 Å². The highest BCUT2D eigenvalue weighted by atomic mass is 16.6. The standard InChI is InChI=1S/C22H34N2O3/c1-4-5-6-14-26-19-9-7-8-18(15-19)23-22(25)27-21-17-12-10-16(11-13-17)20(21)24(2)3/h7-9,15-17,20-21H,4-6,10-14H2,1-3H3,(H,23,25)/t16?,17?,20-,21-/m0/s1. The number of hydrogen-bond acceptors (Lipinski definition) is 4. The summed E-state index contributed by atoms with van der Waals surface area (Å²) in [4.78, 5) is 14.8. The molecule has 0 aromatic heterocycles. The number of unbranched alkanes of at least 4 members (excludes halogenated alkanes) is 2. The van der Waals surface area contributed by atoms with E-state index >= 15 is 0 Å². The van der Waals surface area contributed by atoms with Crippen molar-refractivity contribution in [3.8, 4) is 5.75 Å². The molecule has 2 atom stereocenters. The van der Waals surface area contributed by atoms with Crippen LogP contribution in [0.1, 0.15) is 51.9 Å². The lowest BCUT2D eigenvalue weighted by Crippen LogP contribution is -2.56. The van der Waals surface area contributed by atoms with Crippen molar-refractivity contribution in [1.82, 2.24) is 4.90 Å². The predicted molar refractivity (Wildman–Crippen MR) is 108 cm³/mol. The molecule has 5 nitrogen and oxygen atoms in total. The summed E-state index contributed by atoms with van der Waals surface area (Å²) in [6.07, 6.45) is 7.88. The lowest BCUT2D eigenvalue weighted by Gasteiger charge is -2.50. The van der Waals surface area contributed by atoms with Crippen molar-refractivity contribution < 1.29 is 14.3 Å². The van der Waals surface area contributed by atoms with E-state index in [1.807, 2.05) is 24.3 Å². The number of anilines is 1. The maximum absolute atomic E-state index is 12.5. The van der Waals surface area contributed by atoms with E-state index in [0.717, 1.165) is 17.9 Å². The highest BCUT2D eigenvalue weighted by molar-refractivity contribution is 5.85. The molecule has 0 radical (unpaired) electrons. The van der Waals surface area contributed by atoms with Crippen LogP contribution in [0.2, 0.25) is 0 Å². The molecule has 3 aliphatic carbocycles. The van der Waals surface area contributed by atoms with Gasteiger partial charge in [-0.1, -0.05) is 25.8 Å². The number of carbonyl (C=O) groups excluding carboxylic acids is 1. The Morgan fingerprint density at radius 2 is 1.89 bits per heavy atom. The normalized spacial score (nSPS) is 26.8. The third-order valence-electron chi connectivity index (χ3n) is 6.04. The van der Waals surface area contributed by atoms with Gasteiger partial charge in [-0.2, -0.15) is 0 Å². The van der Waals surface area contributed by atoms with Crippen LogP contribution < -0.4 is 10.1 Å². The van der Waals surface area contributed by atoms with Gasteiger partial charge in [0.15, 0.2) is 0 Å². The van der Waals surface area contributed by atoms with Crippen LogP contribution in [-0.4, -0.2) is 43.8 Å². The number of ether oxygens (including phenoxy) is 2. The average Bonchev–Trinajstić information content (AvgIpc) is 2.66. The molecule has 1 N–H and O–H groups in total. The van der Waals surface area contributed by atoms with Gasteiger partial charge in [-0.15, -0.1) is 0 Å². The van der Waals surface area contributed by atoms with Crippen LogP contribution in [0.15, 0.2) is 24.3 Å². The van der Waals surface area contributed by atoms with Crippen LogP contribution in [0.4, 0.5) is 10.5 Å². The van der Waals surface area contributed by atoms with Crippen LogP contribution in [-0.2, 0) is 4.74 Å². The maximum atomic E-state index is 12.5. The summed E-state index contributed by atoms with van der Waals surface area (Å²) >= 11 is 0. The minimum absolute atomic E-state index is 0.0130. The topological polar surface area (TPSA) is 50.8 Å². The summed E-state index contributed by atoms with van der Waals surface area (Å²) in [7, 11) is 4.19. The molecule has 0 spiro atoms. The third-order valence-corrected chi connectivity index (χ3v) is 6.04. The second kappa shape index (κ2) is 9.45. The van der Waals surface area contributed by atoms with Gasteiger partial charge >= 0.3 is 6.09 Å². The molecule has 0 unspecified atom stereocenters. The van der Waals surface area contributed by atoms with Crippen LogP contribution in [0, 0.1) is 11.8 Å². The zero-order chi connectivity index (χ0) is 19.2. The number of nitrogens with zero attached hydrogens (tertiary/aromatic N) is 1. The molecule has 150 valence electrons. The van der Waals surface area contributed by atoms with E-state index in [9.17, 15) is 4.79 Å². The first-order valence-electron chi connectivity index (χ1n) is 10.5. The van der Waals surface area contributed by atoms with Gasteiger partial charge in [0.25, 0.3) is 0 Å². The second-order valence-electron chi connectivity index (χ2n) is 8.21. The van der Waals surface area contributed by atoms with Crippen molar-refractivity contribution in [3.63, 3.8) is 0 Å². The number of nitrogens with one attached hydrogen (secondary N) is 1. The fourth-order valence-corrected chi connectivity index (χ4v) is 4.72. The monoisotopic (exact) mass is 374 g/mol. The molecule has 3 saturated carbocycles. The molecular weight excluding hydrogens is 340 g/mol. The first-order chi connectivity index (χ1) is 13.1. The molecule has 5 heteroatoms. The Morgan fingerprint density at radius 1 is 1.15 bits per heavy atom. The molecule has 1 aromatic carbocycles. The zero-order valence-corrected chi connectivity index (χ0v) is 16.9. The van der Waals surface area contributed by atoms with Gasteiger partial charge in [-0.05, 0) is 70.2 Å². The quantitative estimate of drug-likeness (QED) is 0.656. The number of carbonyl (C=O) groups is 1. The van der Waals surface area contributed by atoms with E-state index < -0.39 is 0 Å². The van der Waals surface area contributed by atoms with Gasteiger partial charge in [0, 0.05) is 17.8 Å². The molecular formula is C22H34N2O3. The summed E-state index contributed by atoms with van der Waals surface area (Å²) in [6, 6.07) is 7.89. The van der Waals surface area contributed by atoms with Gasteiger partial charge in [0.1, 0.15) is 11.9 Å². The number of fused-ring (bicyclic) bond motifs is 3. The smallest absolute Gasteiger partial charge is 0.411 e. The van der Waals surface area contributed by atoms with Crippen molar-refractivity contribution >= 4 is 11.8 Å². The molecule has 3 aliphatic rings. The van der Waals surface area contributed by atoms with Gasteiger partial charge in [-0.25, -0.2) is 4.79 Å². The van der Waals surface area contributed by atoms with Crippen molar-refractivity contribution in [2.45, 2.75) is 64.0 Å². The maximum Gasteiger partial charge on any atom is 0.411 e. The van der Waals surface area contributed by atoms with Crippen molar-refractivity contribution in [2.75, 3.05) is 26.0 Å². The molecule has 0 aliphatic heterocycles. The highest BCUT2D eigenvalue weighted by Crippen LogP contribution is 2.44. The van der Waals surface area contributed by atoms with Crippen LogP contribution in [0.3, 0.4) is 0 Å². The molecule has 4 rings (SSSR count). The van der Waals surface area contributed by atoms with E-state index in [4.69, 9.17) is 9.47 Å². The van der Waals surface area contributed by atoms with Gasteiger partial charge < -0.3 is 14.4 Å². The van der Waals surface area contributed by atoms with Crippen molar-refractivity contribution in [3.05, 3.63) is 24.3 Å². The molecule has 0 heterocycles. The Morgan fingerprint density at radius 3 is 2.59 bits per heavy atom. The van der Waals surface area contributed by atoms with Gasteiger partial charge in [0.05, 0.1) is 6.61 Å². The lowest BCUT2D eigenvalue weighted by atomic mass is 9.65. The molecule has 2 bridgehead atoms. The Kier molecular flexibility index (Phi) is 7.00. The summed E-state index contributed by atoms with van der Waals surface area (Å²) < 4.78 is 11.7. The van der Waals surface area contributed by atoms with Crippen LogP contribution in [0.25, 0.3) is 0 Å². The Balaban J connectivity index is 1.56. The third kappa shape index (κ3) is 5.16. The molecule has 1 aromatic rings. The van der Waals surface area contributed by atoms with E-state index in [-0.39, 0.29) is 12.2 Å². The average molecular weight is 375 g/mol. The number of likely N-dealkylation sites (N-methyl/N-ethyl adjacent to an activating group) is 1. The van der Waals surface area contributed by atoms with Crippen LogP contribution in [0.5, 0.6) is 5.75 Å². The summed E-state index contributed by atoms with van der Waals surface area (Å²) in [5.41, 5.74) is 0.718. The summed E-state index contributed by atoms with van der Waals surface area (Å²) in [6.45, 7) is 2.88. The minimum Gasteiger partial charge on any atom is -0.494 e. The molecule has 27 heavy (non-hydrogen) atoms. The van der Waals surface area contributed by atoms with E-state index in [1.54, 1.807) is 0 Å². The SMILES string of the molecule is CCCCCOc1cccc(NC(=O)O[C@H]2C3CCC(CC3)[C@@H]2N(C)C)c1.